The van der Waals surface area contributed by atoms with Crippen LogP contribution in [0.2, 0.25) is 0 Å². The van der Waals surface area contributed by atoms with Gasteiger partial charge in [0.25, 0.3) is 0 Å². The molecule has 0 radical (unpaired) electrons. The normalized spacial score (nSPS) is 9.20. The zero-order valence-electron chi connectivity index (χ0n) is 8.87. The zero-order valence-corrected chi connectivity index (χ0v) is 8.87. The van der Waals surface area contributed by atoms with E-state index in [2.05, 4.69) is 14.8 Å². The summed E-state index contributed by atoms with van der Waals surface area (Å²) < 4.78 is 9.22. The average molecular weight is 217 g/mol. The van der Waals surface area contributed by atoms with Gasteiger partial charge in [0.2, 0.25) is 0 Å². The summed E-state index contributed by atoms with van der Waals surface area (Å²) in [7, 11) is 0. The lowest BCUT2D eigenvalue weighted by Gasteiger charge is -2.05. The number of Topliss-reactive ketones (excluding diaryl/α,β-unsaturated/α-hetero) is 1. The van der Waals surface area contributed by atoms with Crippen LogP contribution in [-0.2, 0) is 19.1 Å². The summed E-state index contributed by atoms with van der Waals surface area (Å²) in [6.07, 6.45) is -0.416. The summed E-state index contributed by atoms with van der Waals surface area (Å²) in [6, 6.07) is 0. The number of alkyl carbamates (subject to hydrolysis) is 1. The van der Waals surface area contributed by atoms with Gasteiger partial charge in [0.05, 0.1) is 6.54 Å². The summed E-state index contributed by atoms with van der Waals surface area (Å²) in [5, 5.41) is 2.36. The number of hydrogen-bond acceptors (Lipinski definition) is 5. The Kier molecular flexibility index (Phi) is 6.96. The molecular weight excluding hydrogens is 202 g/mol. The third-order valence-electron chi connectivity index (χ3n) is 1.36. The number of nitrogens with one attached hydrogen (secondary N) is 1. The minimum absolute atomic E-state index is 0.0392. The van der Waals surface area contributed by atoms with Crippen LogP contribution in [-0.4, -0.2) is 37.6 Å². The highest BCUT2D eigenvalue weighted by Gasteiger charge is 2.02. The quantitative estimate of drug-likeness (QED) is 0.509. The molecule has 0 atom stereocenters. The van der Waals surface area contributed by atoms with Gasteiger partial charge in [0.1, 0.15) is 19.0 Å². The predicted molar refractivity (Wildman–Crippen MR) is 51.3 cm³/mol. The van der Waals surface area contributed by atoms with Crippen LogP contribution in [0.5, 0.6) is 0 Å². The van der Waals surface area contributed by atoms with E-state index >= 15 is 0 Å². The largest absolute Gasteiger partial charge is 0.464 e. The minimum atomic E-state index is -0.622. The van der Waals surface area contributed by atoms with Crippen LogP contribution in [0.25, 0.3) is 0 Å². The van der Waals surface area contributed by atoms with Crippen LogP contribution < -0.4 is 5.32 Å². The molecule has 0 aromatic rings. The zero-order chi connectivity index (χ0) is 11.7. The first-order valence-electron chi connectivity index (χ1n) is 4.56. The Balaban J connectivity index is 3.33. The summed E-state index contributed by atoms with van der Waals surface area (Å²) >= 11 is 0. The van der Waals surface area contributed by atoms with Gasteiger partial charge in [-0.15, -0.1) is 0 Å². The average Bonchev–Trinajstić information content (AvgIpc) is 2.11. The van der Waals surface area contributed by atoms with E-state index in [4.69, 9.17) is 0 Å². The van der Waals surface area contributed by atoms with Crippen molar-refractivity contribution in [2.75, 3.05) is 19.8 Å². The summed E-state index contributed by atoms with van der Waals surface area (Å²) in [5.41, 5.74) is 0. The van der Waals surface area contributed by atoms with Crippen molar-refractivity contribution in [3.63, 3.8) is 0 Å². The summed E-state index contributed by atoms with van der Waals surface area (Å²) in [6.45, 7) is 3.07. The van der Waals surface area contributed by atoms with Crippen molar-refractivity contribution in [1.82, 2.24) is 5.32 Å². The van der Waals surface area contributed by atoms with Crippen molar-refractivity contribution < 1.29 is 23.9 Å². The Hall–Kier alpha value is -1.59. The van der Waals surface area contributed by atoms with E-state index in [-0.39, 0.29) is 32.0 Å². The molecule has 0 spiro atoms. The van der Waals surface area contributed by atoms with E-state index in [1.807, 2.05) is 0 Å². The molecule has 0 rings (SSSR count). The standard InChI is InChI=1S/C9H15NO5/c1-7(11)3-5-15-9(13)10-4-6-14-8(2)12/h3-6H2,1-2H3,(H,10,13). The smallest absolute Gasteiger partial charge is 0.407 e. The van der Waals surface area contributed by atoms with Crippen LogP contribution in [0, 0.1) is 0 Å². The SMILES string of the molecule is CC(=O)CCOC(=O)NCCOC(C)=O. The Labute approximate surface area is 87.9 Å². The van der Waals surface area contributed by atoms with Crippen molar-refractivity contribution in [1.29, 1.82) is 0 Å². The van der Waals surface area contributed by atoms with Crippen LogP contribution in [0.3, 0.4) is 0 Å². The second kappa shape index (κ2) is 7.78. The van der Waals surface area contributed by atoms with E-state index < -0.39 is 12.1 Å². The molecule has 1 amide bonds. The van der Waals surface area contributed by atoms with Crippen molar-refractivity contribution >= 4 is 17.8 Å². The van der Waals surface area contributed by atoms with Gasteiger partial charge < -0.3 is 14.8 Å². The molecule has 0 fully saturated rings. The molecule has 0 aromatic heterocycles. The van der Waals surface area contributed by atoms with Crippen LogP contribution in [0.15, 0.2) is 0 Å². The molecule has 6 heteroatoms. The van der Waals surface area contributed by atoms with Gasteiger partial charge in [-0.3, -0.25) is 9.59 Å². The topological polar surface area (TPSA) is 81.7 Å². The molecule has 0 aromatic carbocycles. The molecule has 0 unspecified atom stereocenters. The number of rotatable bonds is 6. The molecular formula is C9H15NO5. The molecule has 0 saturated carbocycles. The summed E-state index contributed by atoms with van der Waals surface area (Å²) in [4.78, 5) is 31.7. The first-order valence-corrected chi connectivity index (χ1v) is 4.56. The molecule has 0 bridgehead atoms. The number of hydrogen-bond donors (Lipinski definition) is 1. The molecule has 0 aliphatic carbocycles. The third kappa shape index (κ3) is 10.3. The summed E-state index contributed by atoms with van der Waals surface area (Å²) in [5.74, 6) is -0.440. The van der Waals surface area contributed by atoms with Gasteiger partial charge >= 0.3 is 12.1 Å². The van der Waals surface area contributed by atoms with Crippen LogP contribution >= 0.6 is 0 Å². The van der Waals surface area contributed by atoms with Gasteiger partial charge in [0, 0.05) is 13.3 Å². The maximum Gasteiger partial charge on any atom is 0.407 e. The fourth-order valence-corrected chi connectivity index (χ4v) is 0.686. The molecule has 0 heterocycles. The Morgan fingerprint density at radius 1 is 1.07 bits per heavy atom. The molecule has 0 aliphatic heterocycles. The third-order valence-corrected chi connectivity index (χ3v) is 1.36. The lowest BCUT2D eigenvalue weighted by atomic mass is 10.3. The Bertz CT molecular complexity index is 239. The molecule has 1 N–H and O–H groups in total. The van der Waals surface area contributed by atoms with E-state index in [1.54, 1.807) is 0 Å². The van der Waals surface area contributed by atoms with E-state index in [0.29, 0.717) is 0 Å². The first kappa shape index (κ1) is 13.4. The molecule has 0 saturated heterocycles. The van der Waals surface area contributed by atoms with Gasteiger partial charge in [0.15, 0.2) is 0 Å². The number of amides is 1. The fourth-order valence-electron chi connectivity index (χ4n) is 0.686. The molecule has 6 nitrogen and oxygen atoms in total. The van der Waals surface area contributed by atoms with Gasteiger partial charge in [-0.05, 0) is 6.92 Å². The maximum atomic E-state index is 10.9. The number of esters is 1. The Morgan fingerprint density at radius 2 is 1.73 bits per heavy atom. The first-order chi connectivity index (χ1) is 7.02. The van der Waals surface area contributed by atoms with Crippen molar-refractivity contribution in [3.05, 3.63) is 0 Å². The van der Waals surface area contributed by atoms with Crippen molar-refractivity contribution in [2.45, 2.75) is 20.3 Å². The molecule has 15 heavy (non-hydrogen) atoms. The lowest BCUT2D eigenvalue weighted by Crippen LogP contribution is -2.28. The fraction of sp³-hybridized carbons (Fsp3) is 0.667. The van der Waals surface area contributed by atoms with E-state index in [0.717, 1.165) is 0 Å². The lowest BCUT2D eigenvalue weighted by molar-refractivity contribution is -0.140. The van der Waals surface area contributed by atoms with Gasteiger partial charge in [-0.2, -0.15) is 0 Å². The van der Waals surface area contributed by atoms with Crippen molar-refractivity contribution in [2.24, 2.45) is 0 Å². The highest BCUT2D eigenvalue weighted by atomic mass is 16.6. The van der Waals surface area contributed by atoms with Crippen LogP contribution in [0.1, 0.15) is 20.3 Å². The number of carbonyl (C=O) groups excluding carboxylic acids is 3. The monoisotopic (exact) mass is 217 g/mol. The second-order valence-electron chi connectivity index (χ2n) is 2.85. The second-order valence-corrected chi connectivity index (χ2v) is 2.85. The molecule has 0 aliphatic rings. The maximum absolute atomic E-state index is 10.9. The van der Waals surface area contributed by atoms with Crippen molar-refractivity contribution in [3.8, 4) is 0 Å². The number of ether oxygens (including phenoxy) is 2. The highest BCUT2D eigenvalue weighted by Crippen LogP contribution is 1.85. The minimum Gasteiger partial charge on any atom is -0.464 e. The highest BCUT2D eigenvalue weighted by molar-refractivity contribution is 5.76. The Morgan fingerprint density at radius 3 is 2.27 bits per heavy atom. The van der Waals surface area contributed by atoms with Gasteiger partial charge in [-0.25, -0.2) is 4.79 Å². The van der Waals surface area contributed by atoms with Gasteiger partial charge in [-0.1, -0.05) is 0 Å². The van der Waals surface area contributed by atoms with E-state index in [1.165, 1.54) is 13.8 Å². The van der Waals surface area contributed by atoms with E-state index in [9.17, 15) is 14.4 Å². The van der Waals surface area contributed by atoms with Crippen LogP contribution in [0.4, 0.5) is 4.79 Å². The number of carbonyl (C=O) groups is 3. The molecule has 86 valence electrons. The number of ketones is 1. The predicted octanol–water partition coefficient (Wildman–Crippen LogP) is 0.255.